The summed E-state index contributed by atoms with van der Waals surface area (Å²) < 4.78 is 4.56. The Morgan fingerprint density at radius 3 is 2.16 bits per heavy atom. The Hall–Kier alpha value is -1.00. The van der Waals surface area contributed by atoms with Crippen LogP contribution in [0.15, 0.2) is 29.2 Å². The Balaban J connectivity index is 2.67. The highest BCUT2D eigenvalue weighted by Crippen LogP contribution is 2.27. The Bertz CT molecular complexity index is 430. The molecule has 0 saturated heterocycles. The molecule has 1 aromatic carbocycles. The molecule has 4 heteroatoms. The van der Waals surface area contributed by atoms with E-state index in [9.17, 15) is 9.90 Å². The molecule has 0 fully saturated rings. The summed E-state index contributed by atoms with van der Waals surface area (Å²) in [4.78, 5) is 12.4. The number of benzene rings is 1. The van der Waals surface area contributed by atoms with Crippen LogP contribution >= 0.6 is 11.8 Å². The Morgan fingerprint density at radius 1 is 1.21 bits per heavy atom. The van der Waals surface area contributed by atoms with Crippen molar-refractivity contribution in [1.29, 1.82) is 0 Å². The number of aliphatic hydroxyl groups is 1. The van der Waals surface area contributed by atoms with Crippen LogP contribution in [0.25, 0.3) is 0 Å². The van der Waals surface area contributed by atoms with E-state index in [2.05, 4.69) is 37.6 Å². The predicted molar refractivity (Wildman–Crippen MR) is 78.5 cm³/mol. The molecule has 0 saturated carbocycles. The summed E-state index contributed by atoms with van der Waals surface area (Å²) in [6.45, 7) is 7.96. The molecule has 0 radical (unpaired) electrons. The molecule has 1 unspecified atom stereocenters. The van der Waals surface area contributed by atoms with E-state index in [1.807, 2.05) is 12.1 Å². The van der Waals surface area contributed by atoms with E-state index in [4.69, 9.17) is 0 Å². The van der Waals surface area contributed by atoms with E-state index in [1.54, 1.807) is 0 Å². The number of methoxy groups -OCH3 is 1. The third kappa shape index (κ3) is 4.55. The molecule has 0 bridgehead atoms. The largest absolute Gasteiger partial charge is 0.467 e. The smallest absolute Gasteiger partial charge is 0.338 e. The van der Waals surface area contributed by atoms with E-state index in [0.717, 1.165) is 4.90 Å². The standard InChI is InChI=1S/C15H22O3S/c1-14(2,3)11-6-8-12(9-7-11)19-10-15(4,17)13(16)18-5/h6-9,17H,10H2,1-5H3. The van der Waals surface area contributed by atoms with Crippen molar-refractivity contribution in [3.63, 3.8) is 0 Å². The lowest BCUT2D eigenvalue weighted by Crippen LogP contribution is -2.38. The van der Waals surface area contributed by atoms with Gasteiger partial charge in [-0.25, -0.2) is 4.79 Å². The van der Waals surface area contributed by atoms with E-state index >= 15 is 0 Å². The summed E-state index contributed by atoms with van der Waals surface area (Å²) in [7, 11) is 1.28. The fourth-order valence-corrected chi connectivity index (χ4v) is 2.45. The highest BCUT2D eigenvalue weighted by molar-refractivity contribution is 7.99. The second-order valence-corrected chi connectivity index (χ2v) is 6.88. The van der Waals surface area contributed by atoms with Gasteiger partial charge >= 0.3 is 5.97 Å². The molecule has 0 spiro atoms. The molecular formula is C15H22O3S. The van der Waals surface area contributed by atoms with Gasteiger partial charge in [0.2, 0.25) is 0 Å². The SMILES string of the molecule is COC(=O)C(C)(O)CSc1ccc(C(C)(C)C)cc1. The molecule has 0 heterocycles. The lowest BCUT2D eigenvalue weighted by Gasteiger charge is -2.21. The molecule has 1 rings (SSSR count). The van der Waals surface area contributed by atoms with Gasteiger partial charge in [-0.2, -0.15) is 0 Å². The van der Waals surface area contributed by atoms with Crippen molar-refractivity contribution in [2.45, 2.75) is 43.6 Å². The number of thioether (sulfide) groups is 1. The van der Waals surface area contributed by atoms with E-state index in [0.29, 0.717) is 0 Å². The van der Waals surface area contributed by atoms with Crippen molar-refractivity contribution in [3.8, 4) is 0 Å². The van der Waals surface area contributed by atoms with Gasteiger partial charge in [0.1, 0.15) is 0 Å². The summed E-state index contributed by atoms with van der Waals surface area (Å²) in [6, 6.07) is 8.18. The van der Waals surface area contributed by atoms with Crippen LogP contribution in [0.2, 0.25) is 0 Å². The van der Waals surface area contributed by atoms with E-state index < -0.39 is 11.6 Å². The second kappa shape index (κ2) is 5.97. The summed E-state index contributed by atoms with van der Waals surface area (Å²) in [5, 5.41) is 9.93. The number of hydrogen-bond donors (Lipinski definition) is 1. The summed E-state index contributed by atoms with van der Waals surface area (Å²) in [6.07, 6.45) is 0. The fraction of sp³-hybridized carbons (Fsp3) is 0.533. The van der Waals surface area contributed by atoms with Gasteiger partial charge in [0, 0.05) is 10.6 Å². The molecule has 0 aromatic heterocycles. The molecule has 0 aliphatic rings. The van der Waals surface area contributed by atoms with Gasteiger partial charge in [-0.05, 0) is 30.0 Å². The maximum atomic E-state index is 11.4. The third-order valence-corrected chi connectivity index (χ3v) is 4.18. The average molecular weight is 282 g/mol. The molecule has 0 aliphatic carbocycles. The van der Waals surface area contributed by atoms with E-state index in [1.165, 1.54) is 31.4 Å². The van der Waals surface area contributed by atoms with Crippen molar-refractivity contribution in [2.75, 3.05) is 12.9 Å². The van der Waals surface area contributed by atoms with Crippen LogP contribution in [0.3, 0.4) is 0 Å². The number of carbonyl (C=O) groups is 1. The number of rotatable bonds is 4. The van der Waals surface area contributed by atoms with Crippen molar-refractivity contribution in [1.82, 2.24) is 0 Å². The quantitative estimate of drug-likeness (QED) is 0.681. The second-order valence-electron chi connectivity index (χ2n) is 5.83. The van der Waals surface area contributed by atoms with Gasteiger partial charge in [0.05, 0.1) is 7.11 Å². The van der Waals surface area contributed by atoms with Crippen molar-refractivity contribution in [2.24, 2.45) is 0 Å². The normalized spacial score (nSPS) is 14.8. The first-order chi connectivity index (χ1) is 8.66. The number of hydrogen-bond acceptors (Lipinski definition) is 4. The van der Waals surface area contributed by atoms with Crippen LogP contribution in [0.5, 0.6) is 0 Å². The molecule has 1 aromatic rings. The number of esters is 1. The average Bonchev–Trinajstić information content (AvgIpc) is 2.35. The lowest BCUT2D eigenvalue weighted by molar-refractivity contribution is -0.158. The van der Waals surface area contributed by atoms with Gasteiger partial charge in [0.25, 0.3) is 0 Å². The molecule has 0 aliphatic heterocycles. The van der Waals surface area contributed by atoms with Crippen LogP contribution in [0.4, 0.5) is 0 Å². The van der Waals surface area contributed by atoms with Crippen LogP contribution in [0.1, 0.15) is 33.3 Å². The Kier molecular flexibility index (Phi) is 5.04. The molecule has 106 valence electrons. The lowest BCUT2D eigenvalue weighted by atomic mass is 9.87. The molecular weight excluding hydrogens is 260 g/mol. The molecule has 1 atom stereocenters. The first-order valence-corrected chi connectivity index (χ1v) is 7.19. The molecule has 0 amide bonds. The topological polar surface area (TPSA) is 46.5 Å². The molecule has 1 N–H and O–H groups in total. The fourth-order valence-electron chi connectivity index (χ4n) is 1.55. The Labute approximate surface area is 119 Å². The van der Waals surface area contributed by atoms with Crippen molar-refractivity contribution < 1.29 is 14.6 Å². The number of carbonyl (C=O) groups excluding carboxylic acids is 1. The summed E-state index contributed by atoms with van der Waals surface area (Å²) in [5.74, 6) is -0.333. The minimum atomic E-state index is -1.46. The van der Waals surface area contributed by atoms with Gasteiger partial charge in [-0.3, -0.25) is 0 Å². The zero-order chi connectivity index (χ0) is 14.7. The van der Waals surface area contributed by atoms with Gasteiger partial charge in [-0.1, -0.05) is 32.9 Å². The van der Waals surface area contributed by atoms with Crippen molar-refractivity contribution >= 4 is 17.7 Å². The Morgan fingerprint density at radius 2 is 1.74 bits per heavy atom. The maximum Gasteiger partial charge on any atom is 0.338 e. The van der Waals surface area contributed by atoms with Crippen LogP contribution < -0.4 is 0 Å². The highest BCUT2D eigenvalue weighted by atomic mass is 32.2. The highest BCUT2D eigenvalue weighted by Gasteiger charge is 2.31. The third-order valence-electron chi connectivity index (χ3n) is 2.87. The molecule has 19 heavy (non-hydrogen) atoms. The molecule has 3 nitrogen and oxygen atoms in total. The van der Waals surface area contributed by atoms with Crippen LogP contribution in [0, 0.1) is 0 Å². The monoisotopic (exact) mass is 282 g/mol. The first kappa shape index (κ1) is 16.1. The van der Waals surface area contributed by atoms with Gasteiger partial charge in [-0.15, -0.1) is 11.8 Å². The number of ether oxygens (including phenoxy) is 1. The van der Waals surface area contributed by atoms with Gasteiger partial charge in [0.15, 0.2) is 5.60 Å². The maximum absolute atomic E-state index is 11.4. The summed E-state index contributed by atoms with van der Waals surface area (Å²) in [5.41, 5.74) is -0.0698. The minimum Gasteiger partial charge on any atom is -0.467 e. The van der Waals surface area contributed by atoms with Crippen LogP contribution in [-0.2, 0) is 14.9 Å². The first-order valence-electron chi connectivity index (χ1n) is 6.21. The van der Waals surface area contributed by atoms with Gasteiger partial charge < -0.3 is 9.84 Å². The minimum absolute atomic E-state index is 0.126. The summed E-state index contributed by atoms with van der Waals surface area (Å²) >= 11 is 1.44. The predicted octanol–water partition coefficient (Wildman–Crippen LogP) is 3.00. The zero-order valence-corrected chi connectivity index (χ0v) is 13.0. The van der Waals surface area contributed by atoms with Crippen LogP contribution in [-0.4, -0.2) is 29.5 Å². The van der Waals surface area contributed by atoms with E-state index in [-0.39, 0.29) is 11.2 Å². The van der Waals surface area contributed by atoms with Crippen molar-refractivity contribution in [3.05, 3.63) is 29.8 Å². The zero-order valence-electron chi connectivity index (χ0n) is 12.2.